The highest BCUT2D eigenvalue weighted by Gasteiger charge is 2.27. The number of hydrogen-bond donors (Lipinski definition) is 1. The Balaban J connectivity index is 1.74. The van der Waals surface area contributed by atoms with Gasteiger partial charge in [-0.2, -0.15) is 0 Å². The van der Waals surface area contributed by atoms with Crippen LogP contribution in [-0.4, -0.2) is 12.1 Å². The van der Waals surface area contributed by atoms with Crippen molar-refractivity contribution in [3.63, 3.8) is 0 Å². The number of hydrogen-bond acceptors (Lipinski definition) is 1. The maximum atomic E-state index is 3.96. The Labute approximate surface area is 108 Å². The van der Waals surface area contributed by atoms with E-state index in [1.807, 2.05) is 0 Å². The van der Waals surface area contributed by atoms with Crippen molar-refractivity contribution in [1.29, 1.82) is 0 Å². The zero-order chi connectivity index (χ0) is 12.3. The molecule has 2 aliphatic rings. The van der Waals surface area contributed by atoms with Gasteiger partial charge in [0.15, 0.2) is 0 Å². The highest BCUT2D eigenvalue weighted by molar-refractivity contribution is 4.84. The Morgan fingerprint density at radius 2 is 1.41 bits per heavy atom. The van der Waals surface area contributed by atoms with Crippen LogP contribution >= 0.6 is 0 Å². The molecular weight excluding hydrogens is 206 g/mol. The molecule has 0 aromatic carbocycles. The van der Waals surface area contributed by atoms with E-state index in [0.29, 0.717) is 0 Å². The molecule has 2 unspecified atom stereocenters. The molecule has 1 nitrogen and oxygen atoms in total. The molecule has 2 aliphatic carbocycles. The van der Waals surface area contributed by atoms with Gasteiger partial charge in [0.25, 0.3) is 0 Å². The van der Waals surface area contributed by atoms with Crippen LogP contribution in [0.4, 0.5) is 0 Å². The summed E-state index contributed by atoms with van der Waals surface area (Å²) in [5.74, 6) is 2.89. The van der Waals surface area contributed by atoms with Crippen molar-refractivity contribution in [2.24, 2.45) is 17.8 Å². The van der Waals surface area contributed by atoms with Crippen LogP contribution < -0.4 is 5.32 Å². The third kappa shape index (κ3) is 3.98. The van der Waals surface area contributed by atoms with E-state index < -0.39 is 0 Å². The van der Waals surface area contributed by atoms with Crippen molar-refractivity contribution >= 4 is 0 Å². The van der Waals surface area contributed by atoms with Gasteiger partial charge >= 0.3 is 0 Å². The lowest BCUT2D eigenvalue weighted by Gasteiger charge is -2.37. The molecule has 0 aromatic heterocycles. The molecule has 2 saturated carbocycles. The molecule has 0 heterocycles. The second-order valence-electron chi connectivity index (χ2n) is 6.91. The lowest BCUT2D eigenvalue weighted by molar-refractivity contribution is 0.198. The van der Waals surface area contributed by atoms with Crippen LogP contribution in [0.25, 0.3) is 0 Å². The van der Waals surface area contributed by atoms with Crippen LogP contribution in [0.2, 0.25) is 0 Å². The molecule has 0 aromatic rings. The second kappa shape index (κ2) is 6.22. The zero-order valence-electron chi connectivity index (χ0n) is 12.0. The van der Waals surface area contributed by atoms with Gasteiger partial charge in [-0.25, -0.2) is 0 Å². The fourth-order valence-corrected chi connectivity index (χ4v) is 4.15. The Morgan fingerprint density at radius 1 is 0.824 bits per heavy atom. The summed E-state index contributed by atoms with van der Waals surface area (Å²) in [6.45, 7) is 7.21. The van der Waals surface area contributed by atoms with Crippen LogP contribution in [0.5, 0.6) is 0 Å². The lowest BCUT2D eigenvalue weighted by Crippen LogP contribution is -2.44. The van der Waals surface area contributed by atoms with Gasteiger partial charge in [0, 0.05) is 12.1 Å². The zero-order valence-corrected chi connectivity index (χ0v) is 12.0. The van der Waals surface area contributed by atoms with Gasteiger partial charge in [0.1, 0.15) is 0 Å². The van der Waals surface area contributed by atoms with Crippen molar-refractivity contribution in [2.75, 3.05) is 0 Å². The third-order valence-electron chi connectivity index (χ3n) is 5.07. The van der Waals surface area contributed by atoms with Gasteiger partial charge in [-0.3, -0.25) is 0 Å². The van der Waals surface area contributed by atoms with Crippen molar-refractivity contribution in [2.45, 2.75) is 84.2 Å². The molecule has 0 bridgehead atoms. The average Bonchev–Trinajstić information content (AvgIpc) is 2.28. The van der Waals surface area contributed by atoms with Crippen LogP contribution in [0.3, 0.4) is 0 Å². The maximum Gasteiger partial charge on any atom is 0.00747 e. The first-order valence-corrected chi connectivity index (χ1v) is 7.93. The summed E-state index contributed by atoms with van der Waals surface area (Å²) >= 11 is 0. The summed E-state index contributed by atoms with van der Waals surface area (Å²) in [7, 11) is 0. The van der Waals surface area contributed by atoms with Gasteiger partial charge in [0.05, 0.1) is 0 Å². The van der Waals surface area contributed by atoms with Gasteiger partial charge in [-0.1, -0.05) is 27.2 Å². The van der Waals surface area contributed by atoms with Crippen molar-refractivity contribution in [3.05, 3.63) is 0 Å². The standard InChI is InChI=1S/C16H31N/c1-4-14-5-7-15(8-6-14)17-16-10-12(2)9-13(3)11-16/h12-17H,4-11H2,1-3H3. The van der Waals surface area contributed by atoms with E-state index in [-0.39, 0.29) is 0 Å². The summed E-state index contributed by atoms with van der Waals surface area (Å²) in [5.41, 5.74) is 0. The third-order valence-corrected chi connectivity index (χ3v) is 5.07. The van der Waals surface area contributed by atoms with Crippen LogP contribution in [-0.2, 0) is 0 Å². The van der Waals surface area contributed by atoms with E-state index >= 15 is 0 Å². The minimum Gasteiger partial charge on any atom is -0.311 e. The summed E-state index contributed by atoms with van der Waals surface area (Å²) in [6.07, 6.45) is 11.5. The smallest absolute Gasteiger partial charge is 0.00747 e. The van der Waals surface area contributed by atoms with Crippen LogP contribution in [0.15, 0.2) is 0 Å². The Kier molecular flexibility index (Phi) is 4.90. The summed E-state index contributed by atoms with van der Waals surface area (Å²) in [5, 5.41) is 3.96. The molecule has 0 amide bonds. The van der Waals surface area contributed by atoms with Gasteiger partial charge in [-0.15, -0.1) is 0 Å². The van der Waals surface area contributed by atoms with Crippen molar-refractivity contribution in [1.82, 2.24) is 5.32 Å². The first-order valence-electron chi connectivity index (χ1n) is 7.93. The van der Waals surface area contributed by atoms with Gasteiger partial charge < -0.3 is 5.32 Å². The summed E-state index contributed by atoms with van der Waals surface area (Å²) in [6, 6.07) is 1.65. The first kappa shape index (κ1) is 13.4. The predicted octanol–water partition coefficient (Wildman–Crippen LogP) is 4.37. The summed E-state index contributed by atoms with van der Waals surface area (Å²) in [4.78, 5) is 0. The van der Waals surface area contributed by atoms with Crippen molar-refractivity contribution < 1.29 is 0 Å². The minimum atomic E-state index is 0.817. The fraction of sp³-hybridized carbons (Fsp3) is 1.00. The van der Waals surface area contributed by atoms with E-state index in [0.717, 1.165) is 29.8 Å². The van der Waals surface area contributed by atoms with Gasteiger partial charge in [-0.05, 0) is 62.7 Å². The maximum absolute atomic E-state index is 3.96. The highest BCUT2D eigenvalue weighted by Crippen LogP contribution is 2.31. The van der Waals surface area contributed by atoms with E-state index in [4.69, 9.17) is 0 Å². The van der Waals surface area contributed by atoms with Crippen molar-refractivity contribution in [3.8, 4) is 0 Å². The lowest BCUT2D eigenvalue weighted by atomic mass is 9.79. The molecule has 17 heavy (non-hydrogen) atoms. The highest BCUT2D eigenvalue weighted by atomic mass is 15.0. The molecule has 0 spiro atoms. The monoisotopic (exact) mass is 237 g/mol. The molecule has 0 saturated heterocycles. The van der Waals surface area contributed by atoms with E-state index in [1.54, 1.807) is 0 Å². The normalized spacial score (nSPS) is 43.6. The molecule has 100 valence electrons. The SMILES string of the molecule is CCC1CCC(NC2CC(C)CC(C)C2)CC1. The number of rotatable bonds is 3. The largest absolute Gasteiger partial charge is 0.311 e. The van der Waals surface area contributed by atoms with Gasteiger partial charge in [0.2, 0.25) is 0 Å². The molecule has 0 aliphatic heterocycles. The minimum absolute atomic E-state index is 0.817. The Hall–Kier alpha value is -0.0400. The molecule has 0 radical (unpaired) electrons. The van der Waals surface area contributed by atoms with E-state index in [2.05, 4.69) is 26.1 Å². The molecular formula is C16H31N. The van der Waals surface area contributed by atoms with Crippen LogP contribution in [0.1, 0.15) is 72.1 Å². The summed E-state index contributed by atoms with van der Waals surface area (Å²) < 4.78 is 0. The van der Waals surface area contributed by atoms with E-state index in [1.165, 1.54) is 51.4 Å². The second-order valence-corrected chi connectivity index (χ2v) is 6.91. The topological polar surface area (TPSA) is 12.0 Å². The van der Waals surface area contributed by atoms with E-state index in [9.17, 15) is 0 Å². The molecule has 1 heteroatoms. The molecule has 2 atom stereocenters. The Bertz CT molecular complexity index is 208. The quantitative estimate of drug-likeness (QED) is 0.768. The molecule has 1 N–H and O–H groups in total. The Morgan fingerprint density at radius 3 is 1.94 bits per heavy atom. The number of nitrogens with one attached hydrogen (secondary N) is 1. The predicted molar refractivity (Wildman–Crippen MR) is 75.1 cm³/mol. The fourth-order valence-electron chi connectivity index (χ4n) is 4.15. The molecule has 2 fully saturated rings. The first-order chi connectivity index (χ1) is 8.17. The molecule has 2 rings (SSSR count). The average molecular weight is 237 g/mol. The van der Waals surface area contributed by atoms with Crippen LogP contribution in [0, 0.1) is 17.8 Å².